The van der Waals surface area contributed by atoms with Gasteiger partial charge in [-0.05, 0) is 13.3 Å². The second-order valence-corrected chi connectivity index (χ2v) is 3.88. The summed E-state index contributed by atoms with van der Waals surface area (Å²) in [6.45, 7) is 8.24. The minimum atomic E-state index is 0.0485. The van der Waals surface area contributed by atoms with Crippen molar-refractivity contribution < 1.29 is 4.74 Å². The topological polar surface area (TPSA) is 12.5 Å². The van der Waals surface area contributed by atoms with E-state index in [2.05, 4.69) is 24.7 Å². The fourth-order valence-corrected chi connectivity index (χ4v) is 1.65. The van der Waals surface area contributed by atoms with Crippen LogP contribution in [0.1, 0.15) is 26.7 Å². The Morgan fingerprint density at radius 2 is 2.38 bits per heavy atom. The quantitative estimate of drug-likeness (QED) is 0.612. The Bertz CT molecular complexity index is 197. The van der Waals surface area contributed by atoms with E-state index in [1.54, 1.807) is 0 Å². The van der Waals surface area contributed by atoms with Crippen molar-refractivity contribution >= 4 is 0 Å². The lowest BCUT2D eigenvalue weighted by Crippen LogP contribution is -2.49. The summed E-state index contributed by atoms with van der Waals surface area (Å²) in [5.41, 5.74) is 0.0485. The Hall–Kier alpha value is -0.520. The normalized spacial score (nSPS) is 29.9. The van der Waals surface area contributed by atoms with Gasteiger partial charge in [0.1, 0.15) is 0 Å². The molecular formula is C11H19NO. The third-order valence-electron chi connectivity index (χ3n) is 2.74. The molecule has 74 valence electrons. The lowest BCUT2D eigenvalue weighted by molar-refractivity contribution is -0.0986. The lowest BCUT2D eigenvalue weighted by atomic mass is 10.0. The molecule has 1 rings (SSSR count). The Balaban J connectivity index is 2.38. The van der Waals surface area contributed by atoms with E-state index in [4.69, 9.17) is 11.2 Å². The monoisotopic (exact) mass is 181 g/mol. The molecule has 0 saturated carbocycles. The highest BCUT2D eigenvalue weighted by molar-refractivity contribution is 4.88. The van der Waals surface area contributed by atoms with Crippen LogP contribution in [-0.2, 0) is 4.74 Å². The van der Waals surface area contributed by atoms with E-state index in [0.717, 1.165) is 39.1 Å². The summed E-state index contributed by atoms with van der Waals surface area (Å²) in [7, 11) is 0. The largest absolute Gasteiger partial charge is 0.373 e. The highest BCUT2D eigenvalue weighted by atomic mass is 16.5. The van der Waals surface area contributed by atoms with Crippen molar-refractivity contribution in [3.05, 3.63) is 0 Å². The van der Waals surface area contributed by atoms with Crippen LogP contribution >= 0.6 is 0 Å². The maximum Gasteiger partial charge on any atom is 0.0778 e. The number of nitrogens with zero attached hydrogens (tertiary/aromatic N) is 1. The zero-order chi connectivity index (χ0) is 9.73. The summed E-state index contributed by atoms with van der Waals surface area (Å²) >= 11 is 0. The van der Waals surface area contributed by atoms with E-state index < -0.39 is 0 Å². The van der Waals surface area contributed by atoms with Crippen LogP contribution in [0.2, 0.25) is 0 Å². The van der Waals surface area contributed by atoms with E-state index in [-0.39, 0.29) is 5.60 Å². The molecule has 2 nitrogen and oxygen atoms in total. The molecule has 1 aliphatic rings. The molecule has 0 radical (unpaired) electrons. The van der Waals surface area contributed by atoms with E-state index in [9.17, 15) is 0 Å². The van der Waals surface area contributed by atoms with E-state index in [0.29, 0.717) is 0 Å². The van der Waals surface area contributed by atoms with E-state index in [1.165, 1.54) is 0 Å². The summed E-state index contributed by atoms with van der Waals surface area (Å²) in [4.78, 5) is 2.40. The second kappa shape index (κ2) is 4.64. The Labute approximate surface area is 81.3 Å². The highest BCUT2D eigenvalue weighted by Crippen LogP contribution is 2.20. The van der Waals surface area contributed by atoms with E-state index >= 15 is 0 Å². The van der Waals surface area contributed by atoms with Gasteiger partial charge >= 0.3 is 0 Å². The molecule has 0 aromatic heterocycles. The smallest absolute Gasteiger partial charge is 0.0778 e. The number of hydrogen-bond acceptors (Lipinski definition) is 2. The molecule has 1 atom stereocenters. The van der Waals surface area contributed by atoms with Gasteiger partial charge in [0.2, 0.25) is 0 Å². The minimum absolute atomic E-state index is 0.0485. The third kappa shape index (κ3) is 3.02. The van der Waals surface area contributed by atoms with Crippen molar-refractivity contribution in [2.75, 3.05) is 26.2 Å². The molecule has 0 amide bonds. The van der Waals surface area contributed by atoms with Gasteiger partial charge in [-0.15, -0.1) is 12.3 Å². The maximum atomic E-state index is 5.73. The van der Waals surface area contributed by atoms with Crippen LogP contribution in [-0.4, -0.2) is 36.7 Å². The first kappa shape index (κ1) is 10.6. The first-order valence-electron chi connectivity index (χ1n) is 5.00. The molecule has 0 aliphatic carbocycles. The zero-order valence-corrected chi connectivity index (χ0v) is 8.68. The molecule has 0 aromatic rings. The summed E-state index contributed by atoms with van der Waals surface area (Å²) in [6, 6.07) is 0. The summed E-state index contributed by atoms with van der Waals surface area (Å²) in [6.07, 6.45) is 7.15. The van der Waals surface area contributed by atoms with Gasteiger partial charge in [0.15, 0.2) is 0 Å². The number of rotatable bonds is 3. The SMILES string of the molecule is C#CCCN1CCOC(C)(CC)C1. The van der Waals surface area contributed by atoms with Gasteiger partial charge in [-0.1, -0.05) is 6.92 Å². The van der Waals surface area contributed by atoms with Gasteiger partial charge in [-0.2, -0.15) is 0 Å². The molecule has 1 saturated heterocycles. The molecule has 1 fully saturated rings. The summed E-state index contributed by atoms with van der Waals surface area (Å²) in [5.74, 6) is 2.68. The Morgan fingerprint density at radius 3 is 3.00 bits per heavy atom. The average Bonchev–Trinajstić information content (AvgIpc) is 2.15. The predicted molar refractivity (Wildman–Crippen MR) is 54.5 cm³/mol. The van der Waals surface area contributed by atoms with Crippen molar-refractivity contribution in [1.82, 2.24) is 4.90 Å². The highest BCUT2D eigenvalue weighted by Gasteiger charge is 2.29. The molecule has 0 N–H and O–H groups in total. The van der Waals surface area contributed by atoms with Gasteiger partial charge < -0.3 is 4.74 Å². The number of morpholine rings is 1. The van der Waals surface area contributed by atoms with Crippen LogP contribution in [0.25, 0.3) is 0 Å². The van der Waals surface area contributed by atoms with Crippen molar-refractivity contribution in [1.29, 1.82) is 0 Å². The first-order valence-corrected chi connectivity index (χ1v) is 5.00. The van der Waals surface area contributed by atoms with Crippen LogP contribution in [0.5, 0.6) is 0 Å². The summed E-state index contributed by atoms with van der Waals surface area (Å²) in [5, 5.41) is 0. The van der Waals surface area contributed by atoms with E-state index in [1.807, 2.05) is 0 Å². The molecule has 1 aliphatic heterocycles. The molecule has 0 bridgehead atoms. The molecule has 13 heavy (non-hydrogen) atoms. The molecule has 2 heteroatoms. The van der Waals surface area contributed by atoms with Gasteiger partial charge in [0.05, 0.1) is 12.2 Å². The molecular weight excluding hydrogens is 162 g/mol. The average molecular weight is 181 g/mol. The third-order valence-corrected chi connectivity index (χ3v) is 2.74. The number of hydrogen-bond donors (Lipinski definition) is 0. The van der Waals surface area contributed by atoms with Crippen LogP contribution in [0.4, 0.5) is 0 Å². The number of ether oxygens (including phenoxy) is 1. The minimum Gasteiger partial charge on any atom is -0.373 e. The van der Waals surface area contributed by atoms with Crippen molar-refractivity contribution in [3.8, 4) is 12.3 Å². The lowest BCUT2D eigenvalue weighted by Gasteiger charge is -2.39. The maximum absolute atomic E-state index is 5.73. The van der Waals surface area contributed by atoms with Gasteiger partial charge in [-0.3, -0.25) is 4.90 Å². The van der Waals surface area contributed by atoms with Crippen LogP contribution in [0.3, 0.4) is 0 Å². The fourth-order valence-electron chi connectivity index (χ4n) is 1.65. The predicted octanol–water partition coefficient (Wildman–Crippen LogP) is 1.51. The van der Waals surface area contributed by atoms with Crippen molar-refractivity contribution in [2.24, 2.45) is 0 Å². The van der Waals surface area contributed by atoms with Crippen molar-refractivity contribution in [2.45, 2.75) is 32.3 Å². The standard InChI is InChI=1S/C11H19NO/c1-4-6-7-12-8-9-13-11(3,5-2)10-12/h1H,5-10H2,2-3H3. The second-order valence-electron chi connectivity index (χ2n) is 3.88. The Morgan fingerprint density at radius 1 is 1.62 bits per heavy atom. The number of terminal acetylenes is 1. The van der Waals surface area contributed by atoms with Crippen LogP contribution < -0.4 is 0 Å². The molecule has 0 spiro atoms. The summed E-state index contributed by atoms with van der Waals surface area (Å²) < 4.78 is 5.73. The van der Waals surface area contributed by atoms with Gasteiger partial charge in [0.25, 0.3) is 0 Å². The van der Waals surface area contributed by atoms with Gasteiger partial charge in [0, 0.05) is 26.1 Å². The van der Waals surface area contributed by atoms with Crippen LogP contribution in [0.15, 0.2) is 0 Å². The van der Waals surface area contributed by atoms with Crippen molar-refractivity contribution in [3.63, 3.8) is 0 Å². The molecule has 1 heterocycles. The fraction of sp³-hybridized carbons (Fsp3) is 0.818. The van der Waals surface area contributed by atoms with Gasteiger partial charge in [-0.25, -0.2) is 0 Å². The Kier molecular flexibility index (Phi) is 3.77. The molecule has 0 aromatic carbocycles. The molecule has 1 unspecified atom stereocenters. The zero-order valence-electron chi connectivity index (χ0n) is 8.68. The van der Waals surface area contributed by atoms with Crippen LogP contribution in [0, 0.1) is 12.3 Å². The first-order chi connectivity index (χ1) is 6.20.